The minimum atomic E-state index is -0.311. The van der Waals surface area contributed by atoms with Gasteiger partial charge in [-0.25, -0.2) is 4.39 Å². The van der Waals surface area contributed by atoms with Crippen LogP contribution in [0.1, 0.15) is 32.9 Å². The van der Waals surface area contributed by atoms with Crippen molar-refractivity contribution in [2.24, 2.45) is 7.05 Å². The molecule has 2 amide bonds. The van der Waals surface area contributed by atoms with Gasteiger partial charge in [-0.15, -0.1) is 0 Å². The van der Waals surface area contributed by atoms with Gasteiger partial charge in [0.1, 0.15) is 5.82 Å². The number of carbonyl (C=O) groups is 2. The molecule has 160 valence electrons. The second-order valence-corrected chi connectivity index (χ2v) is 7.61. The molecule has 7 nitrogen and oxygen atoms in total. The van der Waals surface area contributed by atoms with Crippen LogP contribution < -0.4 is 5.32 Å². The van der Waals surface area contributed by atoms with E-state index in [0.717, 1.165) is 28.9 Å². The molecule has 0 saturated carbocycles. The second-order valence-electron chi connectivity index (χ2n) is 7.61. The number of pyridine rings is 1. The summed E-state index contributed by atoms with van der Waals surface area (Å²) in [6.07, 6.45) is 4.71. The minimum absolute atomic E-state index is 0.0111. The van der Waals surface area contributed by atoms with Crippen molar-refractivity contribution in [1.29, 1.82) is 0 Å². The zero-order valence-corrected chi connectivity index (χ0v) is 17.3. The van der Waals surface area contributed by atoms with Crippen molar-refractivity contribution >= 4 is 11.8 Å². The number of hydrogen-bond acceptors (Lipinski definition) is 4. The standard InChI is InChI=1S/C23H24FN5O2/c1-28-21-9-12-29(22(30)13-16-4-6-18(24)7-5-16)15-19(21)20(27-28)8-11-26-23(31)17-3-2-10-25-14-17/h2-7,10,14H,8-9,11-13,15H2,1H3,(H,26,31). The topological polar surface area (TPSA) is 80.1 Å². The van der Waals surface area contributed by atoms with Gasteiger partial charge in [-0.1, -0.05) is 12.1 Å². The van der Waals surface area contributed by atoms with Crippen LogP contribution in [0.15, 0.2) is 48.8 Å². The first kappa shape index (κ1) is 20.7. The van der Waals surface area contributed by atoms with E-state index < -0.39 is 0 Å². The van der Waals surface area contributed by atoms with Gasteiger partial charge in [0.15, 0.2) is 0 Å². The van der Waals surface area contributed by atoms with E-state index >= 15 is 0 Å². The normalized spacial score (nSPS) is 13.0. The Labute approximate surface area is 179 Å². The van der Waals surface area contributed by atoms with Gasteiger partial charge in [0.05, 0.1) is 17.7 Å². The number of halogens is 1. The fourth-order valence-corrected chi connectivity index (χ4v) is 3.87. The van der Waals surface area contributed by atoms with E-state index in [2.05, 4.69) is 15.4 Å². The van der Waals surface area contributed by atoms with E-state index in [1.54, 1.807) is 30.5 Å². The molecule has 0 spiro atoms. The van der Waals surface area contributed by atoms with Crippen molar-refractivity contribution in [2.75, 3.05) is 13.1 Å². The molecule has 4 rings (SSSR count). The van der Waals surface area contributed by atoms with Crippen molar-refractivity contribution in [3.05, 3.63) is 82.7 Å². The third kappa shape index (κ3) is 4.79. The number of amides is 2. The minimum Gasteiger partial charge on any atom is -0.352 e. The largest absolute Gasteiger partial charge is 0.352 e. The summed E-state index contributed by atoms with van der Waals surface area (Å²) >= 11 is 0. The quantitative estimate of drug-likeness (QED) is 0.661. The van der Waals surface area contributed by atoms with Gasteiger partial charge in [-0.3, -0.25) is 19.3 Å². The molecule has 0 unspecified atom stereocenters. The number of carbonyl (C=O) groups excluding carboxylic acids is 2. The number of nitrogens with one attached hydrogen (secondary N) is 1. The number of benzene rings is 1. The molecule has 31 heavy (non-hydrogen) atoms. The van der Waals surface area contributed by atoms with Crippen molar-refractivity contribution < 1.29 is 14.0 Å². The molecule has 3 heterocycles. The highest BCUT2D eigenvalue weighted by molar-refractivity contribution is 5.93. The van der Waals surface area contributed by atoms with E-state index in [1.165, 1.54) is 18.3 Å². The Morgan fingerprint density at radius 2 is 2.00 bits per heavy atom. The maximum Gasteiger partial charge on any atom is 0.252 e. The molecule has 1 N–H and O–H groups in total. The highest BCUT2D eigenvalue weighted by Gasteiger charge is 2.26. The Morgan fingerprint density at radius 1 is 1.19 bits per heavy atom. The van der Waals surface area contributed by atoms with Crippen LogP contribution in [0.4, 0.5) is 4.39 Å². The zero-order valence-electron chi connectivity index (χ0n) is 17.3. The lowest BCUT2D eigenvalue weighted by molar-refractivity contribution is -0.131. The predicted molar refractivity (Wildman–Crippen MR) is 113 cm³/mol. The smallest absolute Gasteiger partial charge is 0.252 e. The van der Waals surface area contributed by atoms with Crippen LogP contribution in [-0.2, 0) is 37.6 Å². The Bertz CT molecular complexity index is 1080. The average Bonchev–Trinajstić information content (AvgIpc) is 3.10. The summed E-state index contributed by atoms with van der Waals surface area (Å²) in [6, 6.07) is 9.47. The van der Waals surface area contributed by atoms with Gasteiger partial charge in [0, 0.05) is 63.2 Å². The van der Waals surface area contributed by atoms with E-state index in [9.17, 15) is 14.0 Å². The van der Waals surface area contributed by atoms with Crippen LogP contribution >= 0.6 is 0 Å². The van der Waals surface area contributed by atoms with Gasteiger partial charge >= 0.3 is 0 Å². The summed E-state index contributed by atoms with van der Waals surface area (Å²) in [5, 5.41) is 7.52. The predicted octanol–water partition coefficient (Wildman–Crippen LogP) is 2.05. The van der Waals surface area contributed by atoms with Crippen molar-refractivity contribution in [3.63, 3.8) is 0 Å². The lowest BCUT2D eigenvalue weighted by atomic mass is 10.0. The molecule has 0 atom stereocenters. The Kier molecular flexibility index (Phi) is 6.06. The highest BCUT2D eigenvalue weighted by Crippen LogP contribution is 2.23. The average molecular weight is 421 g/mol. The Morgan fingerprint density at radius 3 is 2.74 bits per heavy atom. The monoisotopic (exact) mass is 421 g/mol. The van der Waals surface area contributed by atoms with Crippen LogP contribution in [-0.4, -0.2) is 44.6 Å². The Balaban J connectivity index is 1.38. The van der Waals surface area contributed by atoms with Crippen LogP contribution in [0.3, 0.4) is 0 Å². The number of aryl methyl sites for hydroxylation is 1. The SMILES string of the molecule is Cn1nc(CCNC(=O)c2cccnc2)c2c1CCN(C(=O)Cc1ccc(F)cc1)C2. The fourth-order valence-electron chi connectivity index (χ4n) is 3.87. The van der Waals surface area contributed by atoms with E-state index in [-0.39, 0.29) is 24.1 Å². The van der Waals surface area contributed by atoms with Gasteiger partial charge in [0.25, 0.3) is 5.91 Å². The number of rotatable bonds is 6. The number of aromatic nitrogens is 3. The summed E-state index contributed by atoms with van der Waals surface area (Å²) in [5.41, 5.74) is 4.38. The van der Waals surface area contributed by atoms with E-state index in [1.807, 2.05) is 16.6 Å². The number of hydrogen-bond donors (Lipinski definition) is 1. The van der Waals surface area contributed by atoms with E-state index in [0.29, 0.717) is 31.6 Å². The Hall–Kier alpha value is -3.55. The molecular formula is C23H24FN5O2. The van der Waals surface area contributed by atoms with Crippen LogP contribution in [0.25, 0.3) is 0 Å². The van der Waals surface area contributed by atoms with E-state index in [4.69, 9.17) is 0 Å². The molecule has 0 aliphatic carbocycles. The summed E-state index contributed by atoms with van der Waals surface area (Å²) in [5.74, 6) is -0.472. The molecule has 3 aromatic rings. The molecule has 0 saturated heterocycles. The molecular weight excluding hydrogens is 397 g/mol. The van der Waals surface area contributed by atoms with Crippen molar-refractivity contribution in [3.8, 4) is 0 Å². The summed E-state index contributed by atoms with van der Waals surface area (Å²) < 4.78 is 15.0. The first-order valence-corrected chi connectivity index (χ1v) is 10.3. The molecule has 0 bridgehead atoms. The first-order chi connectivity index (χ1) is 15.0. The van der Waals surface area contributed by atoms with Crippen LogP contribution in [0.2, 0.25) is 0 Å². The molecule has 0 radical (unpaired) electrons. The summed E-state index contributed by atoms with van der Waals surface area (Å²) in [4.78, 5) is 30.8. The summed E-state index contributed by atoms with van der Waals surface area (Å²) in [7, 11) is 1.91. The second kappa shape index (κ2) is 9.07. The number of fused-ring (bicyclic) bond motifs is 1. The number of nitrogens with zero attached hydrogens (tertiary/aromatic N) is 4. The molecule has 1 aliphatic rings. The lowest BCUT2D eigenvalue weighted by Gasteiger charge is -2.28. The van der Waals surface area contributed by atoms with Crippen LogP contribution in [0, 0.1) is 5.82 Å². The third-order valence-corrected chi connectivity index (χ3v) is 5.52. The maximum atomic E-state index is 13.1. The molecule has 0 fully saturated rings. The third-order valence-electron chi connectivity index (χ3n) is 5.52. The van der Waals surface area contributed by atoms with Crippen molar-refractivity contribution in [2.45, 2.75) is 25.8 Å². The zero-order chi connectivity index (χ0) is 21.8. The van der Waals surface area contributed by atoms with Gasteiger partial charge < -0.3 is 10.2 Å². The van der Waals surface area contributed by atoms with Gasteiger partial charge in [-0.2, -0.15) is 5.10 Å². The molecule has 1 aliphatic heterocycles. The maximum absolute atomic E-state index is 13.1. The first-order valence-electron chi connectivity index (χ1n) is 10.3. The van der Waals surface area contributed by atoms with Gasteiger partial charge in [-0.05, 0) is 29.8 Å². The summed E-state index contributed by atoms with van der Waals surface area (Å²) in [6.45, 7) is 1.57. The van der Waals surface area contributed by atoms with Gasteiger partial charge in [0.2, 0.25) is 5.91 Å². The van der Waals surface area contributed by atoms with Crippen molar-refractivity contribution in [1.82, 2.24) is 25.0 Å². The molecule has 1 aromatic carbocycles. The molecule has 2 aromatic heterocycles. The highest BCUT2D eigenvalue weighted by atomic mass is 19.1. The fraction of sp³-hybridized carbons (Fsp3) is 0.304. The lowest BCUT2D eigenvalue weighted by Crippen LogP contribution is -2.37. The van der Waals surface area contributed by atoms with Crippen LogP contribution in [0.5, 0.6) is 0 Å². The molecule has 8 heteroatoms.